The molecule has 1 unspecified atom stereocenters. The summed E-state index contributed by atoms with van der Waals surface area (Å²) in [7, 11) is 0. The smallest absolute Gasteiger partial charge is 0.132 e. The normalized spacial score (nSPS) is 13.6. The highest BCUT2D eigenvalue weighted by atomic mass is 16.5. The number of hydrogen-bond donors (Lipinski definition) is 0. The summed E-state index contributed by atoms with van der Waals surface area (Å²) < 4.78 is 5.43. The predicted octanol–water partition coefficient (Wildman–Crippen LogP) is 3.79. The Bertz CT molecular complexity index is 309. The average molecular weight is 221 g/mol. The Balaban J connectivity index is 2.58. The van der Waals surface area contributed by atoms with Crippen LogP contribution in [0.2, 0.25) is 0 Å². The van der Waals surface area contributed by atoms with Crippen molar-refractivity contribution in [3.63, 3.8) is 0 Å². The molecule has 0 aromatic heterocycles. The molecular formula is C14H21O2. The molecule has 2 heteroatoms. The molecule has 0 spiro atoms. The number of rotatable bonds is 5. The van der Waals surface area contributed by atoms with Crippen molar-refractivity contribution in [1.29, 1.82) is 0 Å². The summed E-state index contributed by atoms with van der Waals surface area (Å²) >= 11 is 0. The van der Waals surface area contributed by atoms with E-state index in [9.17, 15) is 5.11 Å². The minimum absolute atomic E-state index is 0.204. The van der Waals surface area contributed by atoms with Crippen LogP contribution in [0.1, 0.15) is 45.6 Å². The first-order chi connectivity index (χ1) is 7.42. The molecule has 1 aromatic carbocycles. The van der Waals surface area contributed by atoms with Gasteiger partial charge in [0.1, 0.15) is 18.0 Å². The van der Waals surface area contributed by atoms with Crippen molar-refractivity contribution >= 4 is 0 Å². The molecular weight excluding hydrogens is 200 g/mol. The van der Waals surface area contributed by atoms with E-state index in [1.807, 2.05) is 12.1 Å². The van der Waals surface area contributed by atoms with Crippen molar-refractivity contribution in [2.75, 3.05) is 6.61 Å². The summed E-state index contributed by atoms with van der Waals surface area (Å²) in [6.45, 7) is 7.84. The van der Waals surface area contributed by atoms with E-state index in [2.05, 4.69) is 26.0 Å². The molecule has 1 atom stereocenters. The lowest BCUT2D eigenvalue weighted by Gasteiger charge is -2.16. The van der Waals surface area contributed by atoms with Gasteiger partial charge in [0, 0.05) is 0 Å². The molecule has 0 bridgehead atoms. The van der Waals surface area contributed by atoms with Crippen molar-refractivity contribution < 1.29 is 9.84 Å². The van der Waals surface area contributed by atoms with Gasteiger partial charge >= 0.3 is 0 Å². The van der Waals surface area contributed by atoms with E-state index in [0.29, 0.717) is 5.92 Å². The van der Waals surface area contributed by atoms with Crippen LogP contribution >= 0.6 is 0 Å². The summed E-state index contributed by atoms with van der Waals surface area (Å²) in [5, 5.41) is 11.4. The molecule has 0 saturated heterocycles. The van der Waals surface area contributed by atoms with Gasteiger partial charge in [-0.15, -0.1) is 0 Å². The molecule has 0 N–H and O–H groups in total. The van der Waals surface area contributed by atoms with Crippen molar-refractivity contribution in [3.05, 3.63) is 29.8 Å². The lowest BCUT2D eigenvalue weighted by molar-refractivity contribution is -0.0321. The van der Waals surface area contributed by atoms with Gasteiger partial charge in [-0.25, -0.2) is 5.11 Å². The lowest BCUT2D eigenvalue weighted by atomic mass is 9.99. The number of ether oxygens (including phenoxy) is 1. The molecule has 0 saturated carbocycles. The third-order valence-electron chi connectivity index (χ3n) is 2.65. The summed E-state index contributed by atoms with van der Waals surface area (Å²) in [5.74, 6) is 1.35. The number of benzene rings is 1. The Kier molecular flexibility index (Phi) is 4.36. The SMILES string of the molecule is CCC(C)c1ccc(OCC(C)(C)[O])cc1. The fourth-order valence-corrected chi connectivity index (χ4v) is 1.39. The second-order valence-corrected chi connectivity index (χ2v) is 4.93. The van der Waals surface area contributed by atoms with E-state index in [4.69, 9.17) is 4.74 Å². The van der Waals surface area contributed by atoms with Gasteiger partial charge in [0.05, 0.1) is 0 Å². The molecule has 0 aliphatic heterocycles. The van der Waals surface area contributed by atoms with E-state index in [0.717, 1.165) is 12.2 Å². The van der Waals surface area contributed by atoms with E-state index < -0.39 is 5.60 Å². The van der Waals surface area contributed by atoms with Gasteiger partial charge in [0.2, 0.25) is 0 Å². The maximum atomic E-state index is 11.4. The highest BCUT2D eigenvalue weighted by Crippen LogP contribution is 2.21. The van der Waals surface area contributed by atoms with Gasteiger partial charge < -0.3 is 4.74 Å². The number of hydrogen-bond acceptors (Lipinski definition) is 1. The van der Waals surface area contributed by atoms with Crippen LogP contribution in [0, 0.1) is 0 Å². The molecule has 0 heterocycles. The van der Waals surface area contributed by atoms with Crippen molar-refractivity contribution in [2.45, 2.75) is 45.6 Å². The summed E-state index contributed by atoms with van der Waals surface area (Å²) in [6.07, 6.45) is 1.13. The van der Waals surface area contributed by atoms with Crippen LogP contribution in [0.4, 0.5) is 0 Å². The Hall–Kier alpha value is -1.02. The molecule has 0 fully saturated rings. The second-order valence-electron chi connectivity index (χ2n) is 4.93. The van der Waals surface area contributed by atoms with Crippen LogP contribution in [0.5, 0.6) is 5.75 Å². The third-order valence-corrected chi connectivity index (χ3v) is 2.65. The Morgan fingerprint density at radius 2 is 1.81 bits per heavy atom. The molecule has 1 rings (SSSR count). The van der Waals surface area contributed by atoms with Gasteiger partial charge in [0.25, 0.3) is 0 Å². The van der Waals surface area contributed by atoms with Crippen LogP contribution in [-0.4, -0.2) is 12.2 Å². The van der Waals surface area contributed by atoms with E-state index >= 15 is 0 Å². The van der Waals surface area contributed by atoms with E-state index in [1.165, 1.54) is 5.56 Å². The first-order valence-corrected chi connectivity index (χ1v) is 5.85. The van der Waals surface area contributed by atoms with Crippen molar-refractivity contribution in [3.8, 4) is 5.75 Å². The van der Waals surface area contributed by atoms with Crippen LogP contribution in [-0.2, 0) is 5.11 Å². The first-order valence-electron chi connectivity index (χ1n) is 5.85. The largest absolute Gasteiger partial charge is 0.490 e. The average Bonchev–Trinajstić information content (AvgIpc) is 2.25. The highest BCUT2D eigenvalue weighted by molar-refractivity contribution is 5.29. The molecule has 16 heavy (non-hydrogen) atoms. The zero-order chi connectivity index (χ0) is 12.2. The van der Waals surface area contributed by atoms with Crippen LogP contribution in [0.15, 0.2) is 24.3 Å². The fourth-order valence-electron chi connectivity index (χ4n) is 1.39. The molecule has 0 aliphatic rings. The van der Waals surface area contributed by atoms with E-state index in [-0.39, 0.29) is 6.61 Å². The summed E-state index contributed by atoms with van der Waals surface area (Å²) in [4.78, 5) is 0. The van der Waals surface area contributed by atoms with Gasteiger partial charge in [-0.1, -0.05) is 26.0 Å². The third kappa shape index (κ3) is 4.23. The van der Waals surface area contributed by atoms with Crippen LogP contribution in [0.25, 0.3) is 0 Å². The Morgan fingerprint density at radius 1 is 1.25 bits per heavy atom. The topological polar surface area (TPSA) is 29.1 Å². The van der Waals surface area contributed by atoms with E-state index in [1.54, 1.807) is 13.8 Å². The Morgan fingerprint density at radius 3 is 2.25 bits per heavy atom. The standard InChI is InChI=1S/C14H21O2/c1-5-11(2)12-6-8-13(9-7-12)16-10-14(3,4)15/h6-9,11H,5,10H2,1-4H3. The zero-order valence-electron chi connectivity index (χ0n) is 10.6. The lowest BCUT2D eigenvalue weighted by Crippen LogP contribution is -2.26. The molecule has 0 amide bonds. The Labute approximate surface area is 98.3 Å². The monoisotopic (exact) mass is 221 g/mol. The van der Waals surface area contributed by atoms with Crippen molar-refractivity contribution in [1.82, 2.24) is 0 Å². The molecule has 2 nitrogen and oxygen atoms in total. The highest BCUT2D eigenvalue weighted by Gasteiger charge is 2.15. The molecule has 0 aliphatic carbocycles. The van der Waals surface area contributed by atoms with Crippen LogP contribution in [0.3, 0.4) is 0 Å². The maximum absolute atomic E-state index is 11.4. The van der Waals surface area contributed by atoms with Gasteiger partial charge in [-0.2, -0.15) is 0 Å². The van der Waals surface area contributed by atoms with Crippen LogP contribution < -0.4 is 4.74 Å². The molecule has 1 aromatic rings. The zero-order valence-corrected chi connectivity index (χ0v) is 10.6. The summed E-state index contributed by atoms with van der Waals surface area (Å²) in [5.41, 5.74) is 0.284. The summed E-state index contributed by atoms with van der Waals surface area (Å²) in [6, 6.07) is 8.02. The van der Waals surface area contributed by atoms with Gasteiger partial charge in [-0.3, -0.25) is 0 Å². The second kappa shape index (κ2) is 5.35. The first kappa shape index (κ1) is 13.0. The quantitative estimate of drug-likeness (QED) is 0.743. The maximum Gasteiger partial charge on any atom is 0.132 e. The molecule has 89 valence electrons. The minimum Gasteiger partial charge on any atom is -0.490 e. The molecule has 1 radical (unpaired) electrons. The predicted molar refractivity (Wildman–Crippen MR) is 65.4 cm³/mol. The minimum atomic E-state index is -1.03. The fraction of sp³-hybridized carbons (Fsp3) is 0.571. The van der Waals surface area contributed by atoms with Gasteiger partial charge in [0.15, 0.2) is 0 Å². The van der Waals surface area contributed by atoms with Crippen molar-refractivity contribution in [2.24, 2.45) is 0 Å². The van der Waals surface area contributed by atoms with Gasteiger partial charge in [-0.05, 0) is 43.9 Å².